The minimum atomic E-state index is -4.82. The molecule has 27 heavy (non-hydrogen) atoms. The Balaban J connectivity index is 1.54. The van der Waals surface area contributed by atoms with Crippen LogP contribution >= 0.6 is 0 Å². The molecule has 0 bridgehead atoms. The normalized spacial score (nSPS) is 16.0. The highest BCUT2D eigenvalue weighted by Gasteiger charge is 2.43. The maximum Gasteiger partial charge on any atom is 0.471 e. The summed E-state index contributed by atoms with van der Waals surface area (Å²) in [6.45, 7) is 4.48. The van der Waals surface area contributed by atoms with Crippen molar-refractivity contribution in [1.82, 2.24) is 15.2 Å². The zero-order valence-electron chi connectivity index (χ0n) is 15.2. The molecule has 1 aromatic heterocycles. The third-order valence-corrected chi connectivity index (χ3v) is 5.27. The lowest BCUT2D eigenvalue weighted by molar-refractivity contribution is -0.186. The number of nitrogens with zero attached hydrogens (tertiary/aromatic N) is 1. The molecular weight excluding hydrogens is 359 g/mol. The molecule has 0 radical (unpaired) electrons. The van der Waals surface area contributed by atoms with Crippen molar-refractivity contribution in [2.75, 3.05) is 19.6 Å². The van der Waals surface area contributed by atoms with Gasteiger partial charge in [-0.1, -0.05) is 0 Å². The number of aryl methyl sites for hydroxylation is 2. The van der Waals surface area contributed by atoms with E-state index < -0.39 is 12.1 Å². The first-order valence-corrected chi connectivity index (χ1v) is 8.90. The summed E-state index contributed by atoms with van der Waals surface area (Å²) in [5, 5.41) is 3.86. The second-order valence-corrected chi connectivity index (χ2v) is 7.08. The molecule has 1 aliphatic rings. The molecule has 5 nitrogen and oxygen atoms in total. The number of aromatic nitrogens is 1. The molecule has 2 N–H and O–H groups in total. The maximum atomic E-state index is 12.5. The number of hydrogen-bond acceptors (Lipinski definition) is 2. The summed E-state index contributed by atoms with van der Waals surface area (Å²) in [6, 6.07) is 5.46. The Labute approximate surface area is 154 Å². The van der Waals surface area contributed by atoms with Crippen LogP contribution in [-0.4, -0.2) is 47.5 Å². The number of fused-ring (bicyclic) bond motifs is 1. The number of benzene rings is 1. The van der Waals surface area contributed by atoms with Gasteiger partial charge in [0.05, 0.1) is 0 Å². The number of halogens is 3. The van der Waals surface area contributed by atoms with Gasteiger partial charge in [0, 0.05) is 41.8 Å². The number of hydrogen-bond donors (Lipinski definition) is 2. The van der Waals surface area contributed by atoms with Gasteiger partial charge in [0.2, 0.25) is 0 Å². The van der Waals surface area contributed by atoms with Crippen LogP contribution < -0.4 is 5.32 Å². The van der Waals surface area contributed by atoms with Crippen molar-refractivity contribution < 1.29 is 22.8 Å². The summed E-state index contributed by atoms with van der Waals surface area (Å²) in [4.78, 5) is 27.8. The summed E-state index contributed by atoms with van der Waals surface area (Å²) < 4.78 is 37.4. The van der Waals surface area contributed by atoms with Crippen molar-refractivity contribution >= 4 is 22.7 Å². The Morgan fingerprint density at radius 3 is 2.52 bits per heavy atom. The van der Waals surface area contributed by atoms with Crippen LogP contribution in [0.25, 0.3) is 10.9 Å². The van der Waals surface area contributed by atoms with Crippen LogP contribution in [0.15, 0.2) is 18.2 Å². The van der Waals surface area contributed by atoms with Gasteiger partial charge in [-0.25, -0.2) is 0 Å². The third kappa shape index (κ3) is 4.09. The first-order valence-electron chi connectivity index (χ1n) is 8.90. The number of aromatic amines is 1. The predicted molar refractivity (Wildman–Crippen MR) is 95.5 cm³/mol. The minimum Gasteiger partial charge on any atom is -0.358 e. The van der Waals surface area contributed by atoms with Crippen LogP contribution in [-0.2, 0) is 4.79 Å². The highest BCUT2D eigenvalue weighted by Crippen LogP contribution is 2.24. The third-order valence-electron chi connectivity index (χ3n) is 5.27. The number of alkyl halides is 3. The molecule has 0 saturated carbocycles. The van der Waals surface area contributed by atoms with Crippen LogP contribution in [0.3, 0.4) is 0 Å². The van der Waals surface area contributed by atoms with E-state index in [1.54, 1.807) is 6.07 Å². The molecule has 146 valence electrons. The Bertz CT molecular complexity index is 865. The smallest absolute Gasteiger partial charge is 0.358 e. The fourth-order valence-corrected chi connectivity index (χ4v) is 3.46. The molecule has 1 fully saturated rings. The Kier molecular flexibility index (Phi) is 5.17. The van der Waals surface area contributed by atoms with E-state index in [0.29, 0.717) is 24.9 Å². The molecule has 2 heterocycles. The molecule has 1 aliphatic heterocycles. The number of amides is 2. The SMILES string of the molecule is Cc1[nH]c2ccc(C(=O)NCC3CCN(C(=O)C(F)(F)F)CC3)cc2c1C. The van der Waals surface area contributed by atoms with E-state index in [4.69, 9.17) is 0 Å². The van der Waals surface area contributed by atoms with E-state index in [2.05, 4.69) is 10.3 Å². The lowest BCUT2D eigenvalue weighted by Gasteiger charge is -2.32. The van der Waals surface area contributed by atoms with Crippen LogP contribution in [0.5, 0.6) is 0 Å². The van der Waals surface area contributed by atoms with E-state index in [1.807, 2.05) is 26.0 Å². The Morgan fingerprint density at radius 2 is 1.89 bits per heavy atom. The molecule has 3 rings (SSSR count). The topological polar surface area (TPSA) is 65.2 Å². The minimum absolute atomic E-state index is 0.0613. The standard InChI is InChI=1S/C19H22F3N3O2/c1-11-12(2)24-16-4-3-14(9-15(11)16)17(26)23-10-13-5-7-25(8-6-13)18(27)19(20,21)22/h3-4,9,13,24H,5-8,10H2,1-2H3,(H,23,26). The Hall–Kier alpha value is -2.51. The molecule has 2 amide bonds. The summed E-state index contributed by atoms with van der Waals surface area (Å²) >= 11 is 0. The average molecular weight is 381 g/mol. The van der Waals surface area contributed by atoms with Gasteiger partial charge in [-0.05, 0) is 56.4 Å². The monoisotopic (exact) mass is 381 g/mol. The number of H-pyrrole nitrogens is 1. The van der Waals surface area contributed by atoms with Crippen molar-refractivity contribution in [3.8, 4) is 0 Å². The number of rotatable bonds is 3. The first-order chi connectivity index (χ1) is 12.7. The lowest BCUT2D eigenvalue weighted by atomic mass is 9.96. The zero-order chi connectivity index (χ0) is 19.8. The number of piperidine rings is 1. The van der Waals surface area contributed by atoms with Crippen LogP contribution in [0.4, 0.5) is 13.2 Å². The summed E-state index contributed by atoms with van der Waals surface area (Å²) in [6.07, 6.45) is -3.94. The highest BCUT2D eigenvalue weighted by atomic mass is 19.4. The molecule has 1 aromatic carbocycles. The van der Waals surface area contributed by atoms with Crippen molar-refractivity contribution in [1.29, 1.82) is 0 Å². The molecule has 0 atom stereocenters. The van der Waals surface area contributed by atoms with Crippen LogP contribution in [0.2, 0.25) is 0 Å². The van der Waals surface area contributed by atoms with Gasteiger partial charge < -0.3 is 15.2 Å². The summed E-state index contributed by atoms with van der Waals surface area (Å²) in [5.41, 5.74) is 3.68. The largest absolute Gasteiger partial charge is 0.471 e. The van der Waals surface area contributed by atoms with Gasteiger partial charge in [-0.2, -0.15) is 13.2 Å². The highest BCUT2D eigenvalue weighted by molar-refractivity contribution is 5.99. The quantitative estimate of drug-likeness (QED) is 0.857. The van der Waals surface area contributed by atoms with Gasteiger partial charge >= 0.3 is 12.1 Å². The number of nitrogens with one attached hydrogen (secondary N) is 2. The zero-order valence-corrected chi connectivity index (χ0v) is 15.2. The van der Waals surface area contributed by atoms with E-state index in [1.165, 1.54) is 0 Å². The van der Waals surface area contributed by atoms with E-state index in [9.17, 15) is 22.8 Å². The van der Waals surface area contributed by atoms with E-state index in [0.717, 1.165) is 27.1 Å². The number of carbonyl (C=O) groups excluding carboxylic acids is 2. The van der Waals surface area contributed by atoms with Crippen molar-refractivity contribution in [3.63, 3.8) is 0 Å². The number of carbonyl (C=O) groups is 2. The summed E-state index contributed by atoms with van der Waals surface area (Å²) in [7, 11) is 0. The average Bonchev–Trinajstić information content (AvgIpc) is 2.92. The molecule has 8 heteroatoms. The second-order valence-electron chi connectivity index (χ2n) is 7.08. The molecule has 0 aliphatic carbocycles. The lowest BCUT2D eigenvalue weighted by Crippen LogP contribution is -2.46. The Morgan fingerprint density at radius 1 is 1.22 bits per heavy atom. The summed E-state index contributed by atoms with van der Waals surface area (Å²) in [5.74, 6) is -1.93. The molecule has 0 spiro atoms. The van der Waals surface area contributed by atoms with Gasteiger partial charge in [-0.15, -0.1) is 0 Å². The van der Waals surface area contributed by atoms with Crippen molar-refractivity contribution in [2.24, 2.45) is 5.92 Å². The first kappa shape index (κ1) is 19.3. The fourth-order valence-electron chi connectivity index (χ4n) is 3.46. The van der Waals surface area contributed by atoms with Gasteiger partial charge in [0.1, 0.15) is 0 Å². The van der Waals surface area contributed by atoms with Crippen molar-refractivity contribution in [3.05, 3.63) is 35.0 Å². The maximum absolute atomic E-state index is 12.5. The van der Waals surface area contributed by atoms with Gasteiger partial charge in [0.15, 0.2) is 0 Å². The molecule has 1 saturated heterocycles. The van der Waals surface area contributed by atoms with Gasteiger partial charge in [0.25, 0.3) is 5.91 Å². The molecular formula is C19H22F3N3O2. The van der Waals surface area contributed by atoms with Crippen molar-refractivity contribution in [2.45, 2.75) is 32.9 Å². The molecule has 0 unspecified atom stereocenters. The van der Waals surface area contributed by atoms with E-state index in [-0.39, 0.29) is 24.9 Å². The van der Waals surface area contributed by atoms with Crippen LogP contribution in [0.1, 0.15) is 34.5 Å². The van der Waals surface area contributed by atoms with E-state index >= 15 is 0 Å². The fraction of sp³-hybridized carbons (Fsp3) is 0.474. The van der Waals surface area contributed by atoms with Gasteiger partial charge in [-0.3, -0.25) is 9.59 Å². The predicted octanol–water partition coefficient (Wildman–Crippen LogP) is 3.32. The molecule has 2 aromatic rings. The second kappa shape index (κ2) is 7.25. The number of likely N-dealkylation sites (tertiary alicyclic amines) is 1. The van der Waals surface area contributed by atoms with Crippen LogP contribution in [0, 0.1) is 19.8 Å².